The molecule has 0 aliphatic heterocycles. The summed E-state index contributed by atoms with van der Waals surface area (Å²) in [5.41, 5.74) is 1.42. The van der Waals surface area contributed by atoms with Gasteiger partial charge in [0, 0.05) is 5.56 Å². The molecule has 6 heteroatoms. The molecule has 1 aromatic heterocycles. The molecule has 112 valence electrons. The summed E-state index contributed by atoms with van der Waals surface area (Å²) in [7, 11) is -3.64. The molecule has 0 aliphatic carbocycles. The average Bonchev–Trinajstić information content (AvgIpc) is 2.49. The number of fused-ring (bicyclic) bond motifs is 1. The second-order valence-electron chi connectivity index (χ2n) is 5.00. The highest BCUT2D eigenvalue weighted by molar-refractivity contribution is 7.92. The van der Waals surface area contributed by atoms with E-state index in [0.29, 0.717) is 16.8 Å². The first kappa shape index (κ1) is 14.3. The van der Waals surface area contributed by atoms with Crippen LogP contribution in [0.4, 0.5) is 5.69 Å². The minimum atomic E-state index is -3.64. The van der Waals surface area contributed by atoms with E-state index in [9.17, 15) is 13.2 Å². The summed E-state index contributed by atoms with van der Waals surface area (Å²) in [5, 5.41) is 0.847. The number of sulfonamides is 1. The Morgan fingerprint density at radius 2 is 1.73 bits per heavy atom. The first-order valence-electron chi connectivity index (χ1n) is 6.67. The summed E-state index contributed by atoms with van der Waals surface area (Å²) in [6.45, 7) is 1.73. The predicted octanol–water partition coefficient (Wildman–Crippen LogP) is 2.64. The van der Waals surface area contributed by atoms with Crippen molar-refractivity contribution in [3.05, 3.63) is 70.5 Å². The van der Waals surface area contributed by atoms with Crippen molar-refractivity contribution in [1.82, 2.24) is 4.98 Å². The number of benzene rings is 2. The van der Waals surface area contributed by atoms with Gasteiger partial charge in [-0.15, -0.1) is 0 Å². The van der Waals surface area contributed by atoms with Crippen molar-refractivity contribution in [3.8, 4) is 0 Å². The van der Waals surface area contributed by atoms with Crippen LogP contribution in [0.1, 0.15) is 5.56 Å². The Morgan fingerprint density at radius 1 is 1.00 bits per heavy atom. The molecule has 0 fully saturated rings. The molecular formula is C16H14N2O3S. The molecule has 0 bridgehead atoms. The third-order valence-electron chi connectivity index (χ3n) is 3.34. The van der Waals surface area contributed by atoms with Gasteiger partial charge in [0.2, 0.25) is 0 Å². The topological polar surface area (TPSA) is 79.0 Å². The van der Waals surface area contributed by atoms with E-state index in [0.717, 1.165) is 5.39 Å². The van der Waals surface area contributed by atoms with Crippen molar-refractivity contribution in [2.75, 3.05) is 4.72 Å². The molecule has 0 spiro atoms. The molecule has 5 nitrogen and oxygen atoms in total. The maximum atomic E-state index is 12.3. The molecule has 0 atom stereocenters. The van der Waals surface area contributed by atoms with Crippen LogP contribution in [0.3, 0.4) is 0 Å². The predicted molar refractivity (Wildman–Crippen MR) is 86.6 cm³/mol. The Bertz CT molecular complexity index is 993. The number of nitrogens with one attached hydrogen (secondary N) is 2. The van der Waals surface area contributed by atoms with E-state index in [1.54, 1.807) is 49.4 Å². The second-order valence-corrected chi connectivity index (χ2v) is 6.68. The quantitative estimate of drug-likeness (QED) is 0.780. The fourth-order valence-electron chi connectivity index (χ4n) is 2.19. The van der Waals surface area contributed by atoms with Crippen LogP contribution >= 0.6 is 0 Å². The lowest BCUT2D eigenvalue weighted by Gasteiger charge is -2.09. The van der Waals surface area contributed by atoms with Crippen LogP contribution in [0.25, 0.3) is 10.9 Å². The Labute approximate surface area is 127 Å². The van der Waals surface area contributed by atoms with Crippen LogP contribution in [0.2, 0.25) is 0 Å². The smallest absolute Gasteiger partial charge is 0.261 e. The molecular weight excluding hydrogens is 300 g/mol. The maximum Gasteiger partial charge on any atom is 0.261 e. The molecule has 22 heavy (non-hydrogen) atoms. The zero-order valence-electron chi connectivity index (χ0n) is 11.8. The molecule has 1 heterocycles. The number of aryl methyl sites for hydroxylation is 1. The van der Waals surface area contributed by atoms with E-state index < -0.39 is 10.0 Å². The number of aromatic amines is 1. The first-order valence-corrected chi connectivity index (χ1v) is 8.15. The molecule has 0 aliphatic rings. The van der Waals surface area contributed by atoms with Crippen molar-refractivity contribution in [3.63, 3.8) is 0 Å². The zero-order chi connectivity index (χ0) is 15.7. The van der Waals surface area contributed by atoms with Crippen LogP contribution in [-0.4, -0.2) is 13.4 Å². The third kappa shape index (κ3) is 2.73. The summed E-state index contributed by atoms with van der Waals surface area (Å²) in [5.74, 6) is 0. The Kier molecular flexibility index (Phi) is 3.46. The number of pyridine rings is 1. The lowest BCUT2D eigenvalue weighted by atomic mass is 10.1. The lowest BCUT2D eigenvalue weighted by molar-refractivity contribution is 0.601. The standard InChI is InChI=1S/C16H14N2O3S/c1-11-9-12-7-8-13(10-15(12)17-16(11)19)18-22(20,21)14-5-3-2-4-6-14/h2-10,18H,1H3,(H,17,19). The second kappa shape index (κ2) is 5.31. The van der Waals surface area contributed by atoms with Crippen molar-refractivity contribution >= 4 is 26.6 Å². The van der Waals surface area contributed by atoms with Crippen LogP contribution < -0.4 is 10.3 Å². The van der Waals surface area contributed by atoms with Crippen LogP contribution in [-0.2, 0) is 10.0 Å². The van der Waals surface area contributed by atoms with E-state index in [4.69, 9.17) is 0 Å². The highest BCUT2D eigenvalue weighted by atomic mass is 32.2. The molecule has 3 aromatic rings. The fraction of sp³-hybridized carbons (Fsp3) is 0.0625. The van der Waals surface area contributed by atoms with Crippen LogP contribution in [0, 0.1) is 6.92 Å². The number of H-pyrrole nitrogens is 1. The van der Waals surface area contributed by atoms with Gasteiger partial charge in [-0.05, 0) is 42.6 Å². The Balaban J connectivity index is 2.01. The minimum Gasteiger partial charge on any atom is -0.322 e. The van der Waals surface area contributed by atoms with E-state index in [1.807, 2.05) is 0 Å². The first-order chi connectivity index (χ1) is 10.5. The maximum absolute atomic E-state index is 12.3. The molecule has 0 saturated carbocycles. The summed E-state index contributed by atoms with van der Waals surface area (Å²) < 4.78 is 27.1. The van der Waals surface area contributed by atoms with Crippen molar-refractivity contribution in [2.45, 2.75) is 11.8 Å². The fourth-order valence-corrected chi connectivity index (χ4v) is 3.26. The normalized spacial score (nSPS) is 11.5. The van der Waals surface area contributed by atoms with Crippen molar-refractivity contribution < 1.29 is 8.42 Å². The molecule has 0 radical (unpaired) electrons. The molecule has 2 N–H and O–H groups in total. The van der Waals surface area contributed by atoms with Gasteiger partial charge in [0.05, 0.1) is 16.1 Å². The van der Waals surface area contributed by atoms with Gasteiger partial charge in [0.25, 0.3) is 15.6 Å². The van der Waals surface area contributed by atoms with E-state index >= 15 is 0 Å². The Morgan fingerprint density at radius 3 is 2.45 bits per heavy atom. The SMILES string of the molecule is Cc1cc2ccc(NS(=O)(=O)c3ccccc3)cc2[nH]c1=O. The van der Waals surface area contributed by atoms with Gasteiger partial charge in [-0.25, -0.2) is 8.42 Å². The van der Waals surface area contributed by atoms with Crippen molar-refractivity contribution in [1.29, 1.82) is 0 Å². The van der Waals surface area contributed by atoms with Gasteiger partial charge in [0.1, 0.15) is 0 Å². The highest BCUT2D eigenvalue weighted by Gasteiger charge is 2.13. The summed E-state index contributed by atoms with van der Waals surface area (Å²) in [6, 6.07) is 14.9. The van der Waals surface area contributed by atoms with E-state index in [2.05, 4.69) is 9.71 Å². The van der Waals surface area contributed by atoms with Gasteiger partial charge in [-0.2, -0.15) is 0 Å². The zero-order valence-corrected chi connectivity index (χ0v) is 12.6. The lowest BCUT2D eigenvalue weighted by Crippen LogP contribution is -2.13. The number of rotatable bonds is 3. The van der Waals surface area contributed by atoms with Crippen LogP contribution in [0.15, 0.2) is 64.3 Å². The van der Waals surface area contributed by atoms with Gasteiger partial charge in [-0.3, -0.25) is 9.52 Å². The summed E-state index contributed by atoms with van der Waals surface area (Å²) in [6.07, 6.45) is 0. The summed E-state index contributed by atoms with van der Waals surface area (Å²) in [4.78, 5) is 14.6. The summed E-state index contributed by atoms with van der Waals surface area (Å²) >= 11 is 0. The average molecular weight is 314 g/mol. The highest BCUT2D eigenvalue weighted by Crippen LogP contribution is 2.20. The van der Waals surface area contributed by atoms with Gasteiger partial charge in [-0.1, -0.05) is 24.3 Å². The van der Waals surface area contributed by atoms with Crippen LogP contribution in [0.5, 0.6) is 0 Å². The number of anilines is 1. The minimum absolute atomic E-state index is 0.185. The molecule has 2 aromatic carbocycles. The Hall–Kier alpha value is -2.60. The van der Waals surface area contributed by atoms with Gasteiger partial charge < -0.3 is 4.98 Å². The molecule has 0 saturated heterocycles. The monoisotopic (exact) mass is 314 g/mol. The number of aromatic nitrogens is 1. The molecule has 0 amide bonds. The number of hydrogen-bond acceptors (Lipinski definition) is 3. The van der Waals surface area contributed by atoms with E-state index in [1.165, 1.54) is 12.1 Å². The number of hydrogen-bond donors (Lipinski definition) is 2. The third-order valence-corrected chi connectivity index (χ3v) is 4.73. The largest absolute Gasteiger partial charge is 0.322 e. The van der Waals surface area contributed by atoms with Gasteiger partial charge in [0.15, 0.2) is 0 Å². The van der Waals surface area contributed by atoms with E-state index in [-0.39, 0.29) is 10.5 Å². The van der Waals surface area contributed by atoms with Crippen molar-refractivity contribution in [2.24, 2.45) is 0 Å². The molecule has 3 rings (SSSR count). The van der Waals surface area contributed by atoms with Gasteiger partial charge >= 0.3 is 0 Å². The molecule has 0 unspecified atom stereocenters.